The van der Waals surface area contributed by atoms with Crippen LogP contribution >= 0.6 is 0 Å². The maximum atomic E-state index is 14.1. The van der Waals surface area contributed by atoms with Gasteiger partial charge in [0, 0.05) is 44.2 Å². The van der Waals surface area contributed by atoms with Crippen LogP contribution in [0.1, 0.15) is 83.0 Å². The minimum Gasteiger partial charge on any atom is -0.471 e. The normalized spacial score (nSPS) is 19.6. The summed E-state index contributed by atoms with van der Waals surface area (Å²) in [5.74, 6) is 0.140. The van der Waals surface area contributed by atoms with Crippen LogP contribution in [0.4, 0.5) is 10.1 Å². The largest absolute Gasteiger partial charge is 0.471 e. The minimum absolute atomic E-state index is 0.00901. The molecule has 1 fully saturated rings. The second kappa shape index (κ2) is 11.6. The van der Waals surface area contributed by atoms with Crippen molar-refractivity contribution in [2.45, 2.75) is 96.9 Å². The fourth-order valence-corrected chi connectivity index (χ4v) is 5.58. The summed E-state index contributed by atoms with van der Waals surface area (Å²) >= 11 is 0. The Bertz CT molecular complexity index is 1130. The molecule has 0 bridgehead atoms. The summed E-state index contributed by atoms with van der Waals surface area (Å²) in [6.45, 7) is 10.9. The standard InChI is InChI=1S/C30H43FN4O3/c1-6-32-24-13-20(8-9-23(24)31)14-25(35-19(2)36)27(37)18-33-26-16-30(10-7-11-30)38-28-22(26)12-21(17-34-28)15-29(3,4)5/h8-9,12-13,17,25-27,32-33,37H,6-7,10-11,14-16,18H2,1-5H3,(H,35,36)/t25-,26-,27+/m0/s1. The van der Waals surface area contributed by atoms with Crippen molar-refractivity contribution < 1.29 is 19.0 Å². The lowest BCUT2D eigenvalue weighted by molar-refractivity contribution is -0.120. The predicted molar refractivity (Wildman–Crippen MR) is 148 cm³/mol. The second-order valence-electron chi connectivity index (χ2n) is 12.2. The van der Waals surface area contributed by atoms with Crippen LogP contribution in [0.3, 0.4) is 0 Å². The smallest absolute Gasteiger partial charge is 0.218 e. The van der Waals surface area contributed by atoms with Gasteiger partial charge >= 0.3 is 0 Å². The summed E-state index contributed by atoms with van der Waals surface area (Å²) in [7, 11) is 0. The topological polar surface area (TPSA) is 95.5 Å². The number of nitrogens with zero attached hydrogens (tertiary/aromatic N) is 1. The molecule has 1 aromatic heterocycles. The van der Waals surface area contributed by atoms with Gasteiger partial charge in [0.1, 0.15) is 11.4 Å². The molecule has 38 heavy (non-hydrogen) atoms. The molecule has 1 saturated carbocycles. The molecule has 1 aliphatic carbocycles. The molecule has 0 radical (unpaired) electrons. The van der Waals surface area contributed by atoms with Gasteiger partial charge in [-0.05, 0) is 73.8 Å². The van der Waals surface area contributed by atoms with Gasteiger partial charge in [0.25, 0.3) is 0 Å². The zero-order chi connectivity index (χ0) is 27.5. The maximum absolute atomic E-state index is 14.1. The van der Waals surface area contributed by atoms with E-state index in [2.05, 4.69) is 42.8 Å². The number of pyridine rings is 1. The molecule has 4 N–H and O–H groups in total. The average Bonchev–Trinajstić information content (AvgIpc) is 2.81. The maximum Gasteiger partial charge on any atom is 0.218 e. The van der Waals surface area contributed by atoms with Crippen molar-refractivity contribution in [1.82, 2.24) is 15.6 Å². The minimum atomic E-state index is -0.846. The highest BCUT2D eigenvalue weighted by Crippen LogP contribution is 2.48. The number of hydrogen-bond donors (Lipinski definition) is 4. The molecule has 4 rings (SSSR count). The van der Waals surface area contributed by atoms with E-state index in [1.165, 1.54) is 18.6 Å². The van der Waals surface area contributed by atoms with Crippen molar-refractivity contribution in [2.75, 3.05) is 18.4 Å². The summed E-state index contributed by atoms with van der Waals surface area (Å²) in [6, 6.07) is 6.51. The molecule has 208 valence electrons. The van der Waals surface area contributed by atoms with E-state index in [-0.39, 0.29) is 35.3 Å². The Hall–Kier alpha value is -2.71. The first-order chi connectivity index (χ1) is 18.0. The van der Waals surface area contributed by atoms with Gasteiger partial charge in [-0.3, -0.25) is 4.79 Å². The summed E-state index contributed by atoms with van der Waals surface area (Å²) < 4.78 is 20.5. The lowest BCUT2D eigenvalue weighted by atomic mass is 9.73. The molecule has 1 aliphatic heterocycles. The molecule has 0 unspecified atom stereocenters. The van der Waals surface area contributed by atoms with E-state index in [0.717, 1.165) is 43.2 Å². The zero-order valence-corrected chi connectivity index (χ0v) is 23.4. The molecular formula is C30H43FN4O3. The molecule has 2 aliphatic rings. The highest BCUT2D eigenvalue weighted by Gasteiger charge is 2.46. The third-order valence-corrected chi connectivity index (χ3v) is 7.48. The number of fused-ring (bicyclic) bond motifs is 1. The molecule has 3 atom stereocenters. The number of carbonyl (C=O) groups excluding carboxylic acids is 1. The van der Waals surface area contributed by atoms with Gasteiger partial charge in [-0.15, -0.1) is 0 Å². The monoisotopic (exact) mass is 526 g/mol. The third kappa shape index (κ3) is 7.03. The fraction of sp³-hybridized carbons (Fsp3) is 0.600. The third-order valence-electron chi connectivity index (χ3n) is 7.48. The van der Waals surface area contributed by atoms with Crippen LogP contribution in [0, 0.1) is 11.2 Å². The van der Waals surface area contributed by atoms with E-state index in [4.69, 9.17) is 9.72 Å². The number of hydrogen-bond acceptors (Lipinski definition) is 6. The van der Waals surface area contributed by atoms with Crippen LogP contribution < -0.4 is 20.7 Å². The van der Waals surface area contributed by atoms with Crippen molar-refractivity contribution in [3.63, 3.8) is 0 Å². The first-order valence-electron chi connectivity index (χ1n) is 13.9. The van der Waals surface area contributed by atoms with Gasteiger partial charge in [0.15, 0.2) is 0 Å². The van der Waals surface area contributed by atoms with Crippen molar-refractivity contribution in [1.29, 1.82) is 0 Å². The van der Waals surface area contributed by atoms with Gasteiger partial charge in [0.2, 0.25) is 11.8 Å². The Morgan fingerprint density at radius 1 is 1.26 bits per heavy atom. The number of ether oxygens (including phenoxy) is 1. The lowest BCUT2D eigenvalue weighted by Gasteiger charge is -2.47. The Kier molecular flexibility index (Phi) is 8.62. The summed E-state index contributed by atoms with van der Waals surface area (Å²) in [6.07, 6.45) is 6.34. The Labute approximate surface area is 226 Å². The van der Waals surface area contributed by atoms with Crippen molar-refractivity contribution in [2.24, 2.45) is 5.41 Å². The van der Waals surface area contributed by atoms with Crippen LogP contribution in [0.15, 0.2) is 30.5 Å². The van der Waals surface area contributed by atoms with Crippen molar-refractivity contribution in [3.05, 3.63) is 53.0 Å². The number of anilines is 1. The quantitative estimate of drug-likeness (QED) is 0.359. The fourth-order valence-electron chi connectivity index (χ4n) is 5.58. The number of halogens is 1. The molecule has 7 nitrogen and oxygen atoms in total. The zero-order valence-electron chi connectivity index (χ0n) is 23.4. The molecule has 1 spiro atoms. The first-order valence-corrected chi connectivity index (χ1v) is 13.9. The first kappa shape index (κ1) is 28.3. The summed E-state index contributed by atoms with van der Waals surface area (Å²) in [5, 5.41) is 20.7. The van der Waals surface area contributed by atoms with Crippen LogP contribution in [0.25, 0.3) is 0 Å². The number of nitrogens with one attached hydrogen (secondary N) is 3. The molecule has 1 aromatic carbocycles. The number of benzene rings is 1. The predicted octanol–water partition coefficient (Wildman–Crippen LogP) is 4.69. The van der Waals surface area contributed by atoms with E-state index in [9.17, 15) is 14.3 Å². The van der Waals surface area contributed by atoms with Crippen LogP contribution in [0.2, 0.25) is 0 Å². The molecule has 8 heteroatoms. The lowest BCUT2D eigenvalue weighted by Crippen LogP contribution is -2.52. The highest BCUT2D eigenvalue weighted by atomic mass is 19.1. The Morgan fingerprint density at radius 3 is 2.66 bits per heavy atom. The second-order valence-corrected chi connectivity index (χ2v) is 12.2. The number of aliphatic hydroxyl groups excluding tert-OH is 1. The van der Waals surface area contributed by atoms with Crippen LogP contribution in [0.5, 0.6) is 5.88 Å². The Balaban J connectivity index is 1.50. The van der Waals surface area contributed by atoms with E-state index in [0.29, 0.717) is 24.5 Å². The van der Waals surface area contributed by atoms with Gasteiger partial charge in [0.05, 0.1) is 17.8 Å². The molecule has 2 aromatic rings. The van der Waals surface area contributed by atoms with Crippen LogP contribution in [-0.4, -0.2) is 46.8 Å². The van der Waals surface area contributed by atoms with E-state index in [1.807, 2.05) is 13.1 Å². The van der Waals surface area contributed by atoms with Crippen molar-refractivity contribution >= 4 is 11.6 Å². The average molecular weight is 527 g/mol. The number of aliphatic hydroxyl groups is 1. The van der Waals surface area contributed by atoms with Crippen LogP contribution in [-0.2, 0) is 17.6 Å². The summed E-state index contributed by atoms with van der Waals surface area (Å²) in [4.78, 5) is 16.7. The number of carbonyl (C=O) groups is 1. The molecule has 1 amide bonds. The molecular weight excluding hydrogens is 483 g/mol. The summed E-state index contributed by atoms with van der Waals surface area (Å²) in [5.41, 5.74) is 3.39. The van der Waals surface area contributed by atoms with E-state index in [1.54, 1.807) is 12.1 Å². The number of rotatable bonds is 10. The van der Waals surface area contributed by atoms with Gasteiger partial charge in [-0.1, -0.05) is 26.8 Å². The highest BCUT2D eigenvalue weighted by molar-refractivity contribution is 5.73. The SMILES string of the molecule is CCNc1cc(C[C@H](NC(C)=O)[C@H](O)CN[C@H]2CC3(CCC3)Oc3ncc(CC(C)(C)C)cc32)ccc1F. The molecule has 0 saturated heterocycles. The molecule has 2 heterocycles. The van der Waals surface area contributed by atoms with Gasteiger partial charge in [-0.2, -0.15) is 0 Å². The number of amides is 1. The van der Waals surface area contributed by atoms with Gasteiger partial charge < -0.3 is 25.8 Å². The van der Waals surface area contributed by atoms with E-state index < -0.39 is 12.1 Å². The Morgan fingerprint density at radius 2 is 2.03 bits per heavy atom. The van der Waals surface area contributed by atoms with Crippen molar-refractivity contribution in [3.8, 4) is 5.88 Å². The number of aromatic nitrogens is 1. The van der Waals surface area contributed by atoms with Gasteiger partial charge in [-0.25, -0.2) is 9.37 Å². The van der Waals surface area contributed by atoms with E-state index >= 15 is 0 Å².